The van der Waals surface area contributed by atoms with E-state index in [1.54, 1.807) is 31.1 Å². The Kier molecular flexibility index (Phi) is 7.19. The van der Waals surface area contributed by atoms with Gasteiger partial charge in [0, 0.05) is 30.5 Å². The maximum absolute atomic E-state index is 14.0. The number of nitrogens with zero attached hydrogens (tertiary/aromatic N) is 1. The number of hydrogen-bond donors (Lipinski definition) is 1. The third-order valence-electron chi connectivity index (χ3n) is 4.40. The minimum Gasteiger partial charge on any atom is -0.354 e. The molecule has 1 atom stereocenters. The van der Waals surface area contributed by atoms with Gasteiger partial charge in [0.1, 0.15) is 11.6 Å². The van der Waals surface area contributed by atoms with Gasteiger partial charge in [0.05, 0.1) is 6.04 Å². The van der Waals surface area contributed by atoms with Crippen LogP contribution in [0.3, 0.4) is 0 Å². The molecule has 0 spiro atoms. The lowest BCUT2D eigenvalue weighted by Gasteiger charge is -2.25. The molecule has 0 fully saturated rings. The minimum atomic E-state index is -0.655. The summed E-state index contributed by atoms with van der Waals surface area (Å²) in [5, 5.41) is 2.67. The van der Waals surface area contributed by atoms with Gasteiger partial charge in [-0.25, -0.2) is 8.78 Å². The maximum atomic E-state index is 14.0. The molecule has 0 aromatic heterocycles. The maximum Gasteiger partial charge on any atom is 0.220 e. The Balaban J connectivity index is 1.92. The summed E-state index contributed by atoms with van der Waals surface area (Å²) >= 11 is 0. The molecule has 0 saturated heterocycles. The minimum absolute atomic E-state index is 0.0204. The average Bonchev–Trinajstić information content (AvgIpc) is 2.62. The molecule has 6 heteroatoms. The predicted octanol–water partition coefficient (Wildman–Crippen LogP) is 3.66. The molecule has 1 unspecified atom stereocenters. The summed E-state index contributed by atoms with van der Waals surface area (Å²) in [7, 11) is 3.37. The topological polar surface area (TPSA) is 49.4 Å². The molecule has 0 bridgehead atoms. The lowest BCUT2D eigenvalue weighted by atomic mass is 10.0. The van der Waals surface area contributed by atoms with E-state index in [2.05, 4.69) is 5.32 Å². The second-order valence-electron chi connectivity index (χ2n) is 6.71. The molecule has 0 aliphatic carbocycles. The number of amides is 1. The van der Waals surface area contributed by atoms with Gasteiger partial charge in [0.2, 0.25) is 5.91 Å². The van der Waals surface area contributed by atoms with E-state index < -0.39 is 17.7 Å². The van der Waals surface area contributed by atoms with Crippen LogP contribution in [0.4, 0.5) is 8.78 Å². The molecule has 2 aromatic rings. The van der Waals surface area contributed by atoms with Crippen molar-refractivity contribution in [3.8, 4) is 0 Å². The van der Waals surface area contributed by atoms with Gasteiger partial charge in [-0.15, -0.1) is 0 Å². The first-order valence-corrected chi connectivity index (χ1v) is 8.76. The van der Waals surface area contributed by atoms with Crippen molar-refractivity contribution in [3.63, 3.8) is 0 Å². The number of benzene rings is 2. The highest BCUT2D eigenvalue weighted by atomic mass is 19.1. The van der Waals surface area contributed by atoms with Crippen LogP contribution >= 0.6 is 0 Å². The van der Waals surface area contributed by atoms with Gasteiger partial charge in [-0.05, 0) is 33.2 Å². The second-order valence-corrected chi connectivity index (χ2v) is 6.71. The van der Waals surface area contributed by atoms with Crippen LogP contribution in [0.2, 0.25) is 0 Å². The van der Waals surface area contributed by atoms with Gasteiger partial charge >= 0.3 is 0 Å². The average molecular weight is 374 g/mol. The number of nitrogens with one attached hydrogen (secondary N) is 1. The van der Waals surface area contributed by atoms with E-state index in [-0.39, 0.29) is 36.6 Å². The molecule has 0 aliphatic rings. The summed E-state index contributed by atoms with van der Waals surface area (Å²) in [4.78, 5) is 25.9. The van der Waals surface area contributed by atoms with E-state index in [0.717, 1.165) is 5.56 Å². The number of Topliss-reactive ketones (excluding diaryl/α,β-unsaturated/α-hetero) is 1. The van der Waals surface area contributed by atoms with Crippen LogP contribution in [0, 0.1) is 18.6 Å². The normalized spacial score (nSPS) is 12.1. The summed E-state index contributed by atoms with van der Waals surface area (Å²) in [5.74, 6) is -1.76. The fraction of sp³-hybridized carbons (Fsp3) is 0.333. The number of aryl methyl sites for hydroxylation is 1. The number of rotatable bonds is 8. The zero-order valence-corrected chi connectivity index (χ0v) is 15.8. The zero-order chi connectivity index (χ0) is 20.0. The number of halogens is 2. The van der Waals surface area contributed by atoms with Gasteiger partial charge in [-0.3, -0.25) is 9.59 Å². The van der Waals surface area contributed by atoms with Gasteiger partial charge in [0.25, 0.3) is 0 Å². The second kappa shape index (κ2) is 9.37. The predicted molar refractivity (Wildman–Crippen MR) is 101 cm³/mol. The highest BCUT2D eigenvalue weighted by Gasteiger charge is 2.22. The number of carbonyl (C=O) groups is 2. The quantitative estimate of drug-likeness (QED) is 0.718. The largest absolute Gasteiger partial charge is 0.354 e. The molecule has 2 rings (SSSR count). The third-order valence-corrected chi connectivity index (χ3v) is 4.40. The Labute approximate surface area is 158 Å². The number of carbonyl (C=O) groups excluding carboxylic acids is 2. The van der Waals surface area contributed by atoms with Crippen LogP contribution in [-0.4, -0.2) is 37.2 Å². The van der Waals surface area contributed by atoms with Crippen molar-refractivity contribution in [2.24, 2.45) is 0 Å². The molecule has 0 heterocycles. The van der Waals surface area contributed by atoms with Crippen molar-refractivity contribution in [1.29, 1.82) is 0 Å². The van der Waals surface area contributed by atoms with Gasteiger partial charge < -0.3 is 10.2 Å². The molecular formula is C21H24F2N2O2. The lowest BCUT2D eigenvalue weighted by molar-refractivity contribution is -0.121. The summed E-state index contributed by atoms with van der Waals surface area (Å²) in [5.41, 5.74) is 1.53. The first kappa shape index (κ1) is 20.7. The summed E-state index contributed by atoms with van der Waals surface area (Å²) < 4.78 is 28.1. The molecule has 144 valence electrons. The fourth-order valence-electron chi connectivity index (χ4n) is 2.78. The number of likely N-dealkylation sites (N-methyl/N-ethyl adjacent to an activating group) is 1. The van der Waals surface area contributed by atoms with Crippen LogP contribution < -0.4 is 5.32 Å². The molecular weight excluding hydrogens is 350 g/mol. The van der Waals surface area contributed by atoms with Gasteiger partial charge in [-0.1, -0.05) is 35.9 Å². The first-order chi connectivity index (χ1) is 12.8. The molecule has 0 aliphatic heterocycles. The van der Waals surface area contributed by atoms with E-state index in [9.17, 15) is 18.4 Å². The van der Waals surface area contributed by atoms with Crippen molar-refractivity contribution >= 4 is 11.7 Å². The Morgan fingerprint density at radius 1 is 1.00 bits per heavy atom. The smallest absolute Gasteiger partial charge is 0.220 e. The summed E-state index contributed by atoms with van der Waals surface area (Å²) in [6.07, 6.45) is 0.0994. The Hall–Kier alpha value is -2.60. The standard InChI is InChI=1S/C21H24F2N2O2/c1-14-7-9-15(10-8-14)19(26)11-12-20(27)24-13-18(25(2)3)21-16(22)5-4-6-17(21)23/h4-10,18H,11-13H2,1-3H3,(H,24,27). The summed E-state index contributed by atoms with van der Waals surface area (Å²) in [6, 6.07) is 10.2. The molecule has 0 radical (unpaired) electrons. The van der Waals surface area contributed by atoms with E-state index in [1.165, 1.54) is 18.2 Å². The monoisotopic (exact) mass is 374 g/mol. The molecule has 1 amide bonds. The third kappa shape index (κ3) is 5.69. The van der Waals surface area contributed by atoms with E-state index in [4.69, 9.17) is 0 Å². The number of ketones is 1. The van der Waals surface area contributed by atoms with Crippen LogP contribution in [0.25, 0.3) is 0 Å². The van der Waals surface area contributed by atoms with Gasteiger partial charge in [0.15, 0.2) is 5.78 Å². The van der Waals surface area contributed by atoms with Crippen LogP contribution in [0.1, 0.15) is 40.4 Å². The SMILES string of the molecule is Cc1ccc(C(=O)CCC(=O)NCC(c2c(F)cccc2F)N(C)C)cc1. The summed E-state index contributed by atoms with van der Waals surface area (Å²) in [6.45, 7) is 1.98. The van der Waals surface area contributed by atoms with E-state index >= 15 is 0 Å². The van der Waals surface area contributed by atoms with Crippen LogP contribution in [0.5, 0.6) is 0 Å². The molecule has 27 heavy (non-hydrogen) atoms. The zero-order valence-electron chi connectivity index (χ0n) is 15.8. The van der Waals surface area contributed by atoms with Crippen molar-refractivity contribution in [1.82, 2.24) is 10.2 Å². The highest BCUT2D eigenvalue weighted by molar-refractivity contribution is 5.97. The molecule has 2 aromatic carbocycles. The van der Waals surface area contributed by atoms with Crippen molar-refractivity contribution in [3.05, 3.63) is 70.8 Å². The van der Waals surface area contributed by atoms with E-state index in [0.29, 0.717) is 5.56 Å². The van der Waals surface area contributed by atoms with E-state index in [1.807, 2.05) is 19.1 Å². The first-order valence-electron chi connectivity index (χ1n) is 8.76. The van der Waals surface area contributed by atoms with Crippen molar-refractivity contribution in [2.75, 3.05) is 20.6 Å². The Morgan fingerprint density at radius 2 is 1.59 bits per heavy atom. The molecule has 4 nitrogen and oxygen atoms in total. The fourth-order valence-corrected chi connectivity index (χ4v) is 2.78. The van der Waals surface area contributed by atoms with Gasteiger partial charge in [-0.2, -0.15) is 0 Å². The number of hydrogen-bond acceptors (Lipinski definition) is 3. The highest BCUT2D eigenvalue weighted by Crippen LogP contribution is 2.23. The van der Waals surface area contributed by atoms with Crippen molar-refractivity contribution < 1.29 is 18.4 Å². The lowest BCUT2D eigenvalue weighted by Crippen LogP contribution is -2.35. The Bertz CT molecular complexity index is 784. The Morgan fingerprint density at radius 3 is 2.15 bits per heavy atom. The van der Waals surface area contributed by atoms with Crippen molar-refractivity contribution in [2.45, 2.75) is 25.8 Å². The molecule has 1 N–H and O–H groups in total. The van der Waals surface area contributed by atoms with Crippen LogP contribution in [-0.2, 0) is 4.79 Å². The van der Waals surface area contributed by atoms with Crippen LogP contribution in [0.15, 0.2) is 42.5 Å². The molecule has 0 saturated carbocycles.